The highest BCUT2D eigenvalue weighted by Crippen LogP contribution is 2.34. The second kappa shape index (κ2) is 8.98. The molecule has 5 aromatic carbocycles. The Bertz CT molecular complexity index is 1700. The first-order valence-electron chi connectivity index (χ1n) is 11.2. The zero-order valence-electron chi connectivity index (χ0n) is 19.6. The number of benzene rings is 5. The summed E-state index contributed by atoms with van der Waals surface area (Å²) in [7, 11) is 3.33. The molecule has 0 bridgehead atoms. The summed E-state index contributed by atoms with van der Waals surface area (Å²) in [4.78, 5) is 10.9. The van der Waals surface area contributed by atoms with Crippen LogP contribution >= 0.6 is 0 Å². The Labute approximate surface area is 212 Å². The van der Waals surface area contributed by atoms with Crippen LogP contribution in [0.4, 0.5) is 5.69 Å². The molecule has 0 aliphatic carbocycles. The van der Waals surface area contributed by atoms with Crippen LogP contribution in [-0.4, -0.2) is 19.1 Å². The molecule has 0 saturated heterocycles. The fourth-order valence-corrected chi connectivity index (χ4v) is 4.86. The SMILES string of the molecule is COc1ccc2c(ccc3c2cc2c4ccc(OC)cc4ccc2[n+]3-c2ccc([N+](=O)[O-])cc2)c1.[Cl-]. The Balaban J connectivity index is 0.00000267. The van der Waals surface area contributed by atoms with Gasteiger partial charge >= 0.3 is 0 Å². The van der Waals surface area contributed by atoms with E-state index in [-0.39, 0.29) is 23.0 Å². The van der Waals surface area contributed by atoms with E-state index in [1.807, 2.05) is 24.3 Å². The molecular weight excluding hydrogens is 476 g/mol. The summed E-state index contributed by atoms with van der Waals surface area (Å²) in [5.74, 6) is 1.61. The molecule has 0 unspecified atom stereocenters. The average Bonchev–Trinajstić information content (AvgIpc) is 2.90. The first-order valence-corrected chi connectivity index (χ1v) is 11.2. The average molecular weight is 497 g/mol. The van der Waals surface area contributed by atoms with Crippen molar-refractivity contribution in [1.29, 1.82) is 0 Å². The normalized spacial score (nSPS) is 11.1. The number of rotatable bonds is 4. The molecule has 0 atom stereocenters. The van der Waals surface area contributed by atoms with E-state index in [0.29, 0.717) is 0 Å². The molecule has 0 aliphatic heterocycles. The summed E-state index contributed by atoms with van der Waals surface area (Å²) in [6.45, 7) is 0. The lowest BCUT2D eigenvalue weighted by Gasteiger charge is -2.11. The van der Waals surface area contributed by atoms with Gasteiger partial charge in [-0.3, -0.25) is 10.1 Å². The van der Waals surface area contributed by atoms with Crippen LogP contribution in [0, 0.1) is 10.1 Å². The molecule has 7 heteroatoms. The smallest absolute Gasteiger partial charge is 0.269 e. The highest BCUT2D eigenvalue weighted by Gasteiger charge is 2.22. The summed E-state index contributed by atoms with van der Waals surface area (Å²) >= 11 is 0. The summed E-state index contributed by atoms with van der Waals surface area (Å²) < 4.78 is 13.0. The van der Waals surface area contributed by atoms with E-state index in [0.717, 1.165) is 60.5 Å². The second-order valence-electron chi connectivity index (χ2n) is 8.42. The van der Waals surface area contributed by atoms with Crippen molar-refractivity contribution in [3.05, 3.63) is 101 Å². The van der Waals surface area contributed by atoms with Crippen LogP contribution in [0.5, 0.6) is 11.5 Å². The molecule has 6 nitrogen and oxygen atoms in total. The molecule has 1 aromatic heterocycles. The van der Waals surface area contributed by atoms with Crippen LogP contribution in [0.25, 0.3) is 49.0 Å². The number of aromatic nitrogens is 1. The molecule has 36 heavy (non-hydrogen) atoms. The van der Waals surface area contributed by atoms with Crippen molar-refractivity contribution in [2.45, 2.75) is 0 Å². The number of pyridine rings is 1. The predicted octanol–water partition coefficient (Wildman–Crippen LogP) is 3.51. The summed E-state index contributed by atoms with van der Waals surface area (Å²) in [5, 5.41) is 17.8. The van der Waals surface area contributed by atoms with E-state index in [1.165, 1.54) is 0 Å². The molecule has 0 amide bonds. The summed E-state index contributed by atoms with van der Waals surface area (Å²) in [6, 6.07) is 29.4. The number of methoxy groups -OCH3 is 2. The number of nitrogens with zero attached hydrogens (tertiary/aromatic N) is 2. The molecular formula is C29H21ClN2O4. The highest BCUT2D eigenvalue weighted by molar-refractivity contribution is 6.13. The van der Waals surface area contributed by atoms with Crippen molar-refractivity contribution >= 4 is 49.0 Å². The van der Waals surface area contributed by atoms with Gasteiger partial charge in [0.2, 0.25) is 16.7 Å². The fourth-order valence-electron chi connectivity index (χ4n) is 4.86. The number of halogens is 1. The third kappa shape index (κ3) is 3.63. The number of ether oxygens (including phenoxy) is 2. The Morgan fingerprint density at radius 2 is 1.14 bits per heavy atom. The van der Waals surface area contributed by atoms with Crippen molar-refractivity contribution in [3.8, 4) is 17.2 Å². The molecule has 0 aliphatic rings. The topological polar surface area (TPSA) is 65.5 Å². The number of non-ortho nitro benzene ring substituents is 1. The maximum Gasteiger partial charge on any atom is 0.269 e. The molecule has 6 aromatic rings. The Kier molecular flexibility index (Phi) is 5.82. The van der Waals surface area contributed by atoms with Gasteiger partial charge in [-0.2, -0.15) is 4.57 Å². The van der Waals surface area contributed by atoms with Crippen LogP contribution < -0.4 is 26.4 Å². The Hall–Kier alpha value is -4.42. The van der Waals surface area contributed by atoms with E-state index < -0.39 is 0 Å². The van der Waals surface area contributed by atoms with Crippen LogP contribution in [-0.2, 0) is 0 Å². The lowest BCUT2D eigenvalue weighted by atomic mass is 9.99. The maximum absolute atomic E-state index is 11.2. The van der Waals surface area contributed by atoms with Crippen molar-refractivity contribution in [2.24, 2.45) is 0 Å². The predicted molar refractivity (Wildman–Crippen MR) is 138 cm³/mol. The maximum atomic E-state index is 11.2. The number of hydrogen-bond donors (Lipinski definition) is 0. The largest absolute Gasteiger partial charge is 1.00 e. The van der Waals surface area contributed by atoms with Crippen molar-refractivity contribution in [1.82, 2.24) is 0 Å². The lowest BCUT2D eigenvalue weighted by Crippen LogP contribution is -3.00. The van der Waals surface area contributed by atoms with Crippen LogP contribution in [0.2, 0.25) is 0 Å². The molecule has 0 saturated carbocycles. The number of fused-ring (bicyclic) bond motifs is 6. The van der Waals surface area contributed by atoms with Gasteiger partial charge < -0.3 is 21.9 Å². The van der Waals surface area contributed by atoms with Gasteiger partial charge in [0.15, 0.2) is 0 Å². The van der Waals surface area contributed by atoms with Crippen molar-refractivity contribution in [2.75, 3.05) is 14.2 Å². The van der Waals surface area contributed by atoms with Gasteiger partial charge in [0.25, 0.3) is 5.69 Å². The van der Waals surface area contributed by atoms with Crippen LogP contribution in [0.3, 0.4) is 0 Å². The minimum Gasteiger partial charge on any atom is -1.00 e. The van der Waals surface area contributed by atoms with E-state index in [1.54, 1.807) is 38.5 Å². The lowest BCUT2D eigenvalue weighted by molar-refractivity contribution is -0.538. The van der Waals surface area contributed by atoms with E-state index in [4.69, 9.17) is 9.47 Å². The minimum atomic E-state index is -0.378. The number of hydrogen-bond acceptors (Lipinski definition) is 4. The van der Waals surface area contributed by atoms with Gasteiger partial charge in [-0.1, -0.05) is 0 Å². The Morgan fingerprint density at radius 1 is 0.639 bits per heavy atom. The second-order valence-corrected chi connectivity index (χ2v) is 8.42. The van der Waals surface area contributed by atoms with Crippen LogP contribution in [0.15, 0.2) is 91.0 Å². The summed E-state index contributed by atoms with van der Waals surface area (Å²) in [6.07, 6.45) is 0. The molecule has 0 spiro atoms. The zero-order valence-corrected chi connectivity index (χ0v) is 20.3. The van der Waals surface area contributed by atoms with Crippen molar-refractivity contribution in [3.63, 3.8) is 0 Å². The van der Waals surface area contributed by atoms with Gasteiger partial charge in [0.05, 0.1) is 29.9 Å². The van der Waals surface area contributed by atoms with Gasteiger partial charge in [-0.15, -0.1) is 0 Å². The number of nitro groups is 1. The van der Waals surface area contributed by atoms with Gasteiger partial charge in [-0.05, 0) is 76.1 Å². The fraction of sp³-hybridized carbons (Fsp3) is 0.0690. The third-order valence-electron chi connectivity index (χ3n) is 6.58. The van der Waals surface area contributed by atoms with Gasteiger partial charge in [0, 0.05) is 36.4 Å². The standard InChI is InChI=1S/C29H21N2O4.ClH/c1-34-22-9-11-24-18(15-22)3-13-28-26(24)17-27-25-12-10-23(35-2)16-19(25)4-14-29(27)30(28)20-5-7-21(8-6-20)31(32)33;/h3-17H,1-2H3;1H/q+1;/p-1. The molecule has 0 N–H and O–H groups in total. The zero-order chi connectivity index (χ0) is 24.1. The first-order chi connectivity index (χ1) is 17.1. The quantitative estimate of drug-likeness (QED) is 0.123. The monoisotopic (exact) mass is 496 g/mol. The van der Waals surface area contributed by atoms with E-state index in [9.17, 15) is 10.1 Å². The van der Waals surface area contributed by atoms with Crippen molar-refractivity contribution < 1.29 is 31.4 Å². The summed E-state index contributed by atoms with van der Waals surface area (Å²) in [5.41, 5.74) is 2.94. The molecule has 178 valence electrons. The van der Waals surface area contributed by atoms with Crippen LogP contribution in [0.1, 0.15) is 0 Å². The Morgan fingerprint density at radius 3 is 1.58 bits per heavy atom. The van der Waals surface area contributed by atoms with Gasteiger partial charge in [0.1, 0.15) is 11.5 Å². The highest BCUT2D eigenvalue weighted by atomic mass is 35.5. The number of nitro benzene ring substituents is 1. The first kappa shape index (κ1) is 23.3. The minimum absolute atomic E-state index is 0. The molecule has 6 rings (SSSR count). The van der Waals surface area contributed by atoms with E-state index >= 15 is 0 Å². The van der Waals surface area contributed by atoms with Gasteiger partial charge in [-0.25, -0.2) is 0 Å². The molecule has 1 heterocycles. The van der Waals surface area contributed by atoms with E-state index in [2.05, 4.69) is 47.0 Å². The molecule has 0 fully saturated rings. The molecule has 0 radical (unpaired) electrons. The third-order valence-corrected chi connectivity index (χ3v) is 6.58.